The van der Waals surface area contributed by atoms with Crippen molar-refractivity contribution in [3.63, 3.8) is 0 Å². The molecule has 50 heavy (non-hydrogen) atoms. The SMILES string of the molecule is CC(C)(ON=C(C(=O)N[C@@H]1C(=O)N(S(=O)(=O)O)[C@H]1CNC(=O)c1ccc(C(=O)NCc2cc(=O)cc(O)n2O)cc1)c1csc(N)n1)C(=O)O. The summed E-state index contributed by atoms with van der Waals surface area (Å²) in [5, 5.41) is 40.5. The summed E-state index contributed by atoms with van der Waals surface area (Å²) in [5.74, 6) is -6.10. The second-order valence-electron chi connectivity index (χ2n) is 10.9. The Labute approximate surface area is 284 Å². The van der Waals surface area contributed by atoms with Crippen molar-refractivity contribution in [3.8, 4) is 5.88 Å². The highest BCUT2D eigenvalue weighted by molar-refractivity contribution is 7.84. The molecule has 1 aliphatic rings. The van der Waals surface area contributed by atoms with Gasteiger partial charge in [0.2, 0.25) is 11.5 Å². The zero-order valence-corrected chi connectivity index (χ0v) is 27.4. The van der Waals surface area contributed by atoms with Crippen molar-refractivity contribution in [1.82, 2.24) is 30.0 Å². The van der Waals surface area contributed by atoms with Gasteiger partial charge in [0.05, 0.1) is 18.3 Å². The number of benzene rings is 1. The third-order valence-electron chi connectivity index (χ3n) is 6.94. The zero-order valence-electron chi connectivity index (χ0n) is 25.8. The number of aliphatic carboxylic acids is 1. The minimum atomic E-state index is -5.16. The second kappa shape index (κ2) is 14.2. The smallest absolute Gasteiger partial charge is 0.362 e. The molecule has 0 bridgehead atoms. The average Bonchev–Trinajstić information content (AvgIpc) is 3.47. The van der Waals surface area contributed by atoms with Gasteiger partial charge in [-0.25, -0.2) is 14.1 Å². The first-order valence-electron chi connectivity index (χ1n) is 13.9. The molecule has 9 N–H and O–H groups in total. The topological polar surface area (TPSA) is 322 Å². The number of anilines is 1. The second-order valence-corrected chi connectivity index (χ2v) is 13.0. The molecule has 3 aromatic rings. The fourth-order valence-corrected chi connectivity index (χ4v) is 5.67. The number of aromatic nitrogens is 2. The number of β-lactam (4-membered cyclic amide) rings is 1. The van der Waals surface area contributed by atoms with E-state index < -0.39 is 81.2 Å². The van der Waals surface area contributed by atoms with Crippen LogP contribution in [-0.2, 0) is 36.1 Å². The van der Waals surface area contributed by atoms with Gasteiger partial charge in [-0.3, -0.25) is 28.5 Å². The van der Waals surface area contributed by atoms with Crippen molar-refractivity contribution in [2.45, 2.75) is 38.1 Å². The Morgan fingerprint density at radius 2 is 1.68 bits per heavy atom. The highest BCUT2D eigenvalue weighted by Crippen LogP contribution is 2.24. The molecule has 0 radical (unpaired) electrons. The van der Waals surface area contributed by atoms with Gasteiger partial charge in [-0.15, -0.1) is 11.3 Å². The Hall–Kier alpha value is -6.07. The summed E-state index contributed by atoms with van der Waals surface area (Å²) in [4.78, 5) is 83.3. The normalized spacial score (nSPS) is 16.3. The van der Waals surface area contributed by atoms with E-state index in [0.29, 0.717) is 4.73 Å². The summed E-state index contributed by atoms with van der Waals surface area (Å²) in [6, 6.07) is 3.52. The van der Waals surface area contributed by atoms with E-state index in [1.165, 1.54) is 29.6 Å². The van der Waals surface area contributed by atoms with E-state index in [9.17, 15) is 57.2 Å². The number of aromatic hydroxyl groups is 1. The largest absolute Gasteiger partial charge is 0.492 e. The fraction of sp³-hybridized carbons (Fsp3) is 0.259. The Kier molecular flexibility index (Phi) is 10.4. The van der Waals surface area contributed by atoms with Gasteiger partial charge >= 0.3 is 16.3 Å². The Morgan fingerprint density at radius 3 is 2.22 bits per heavy atom. The molecule has 0 saturated carbocycles. The molecular formula is C27H28N8O13S2. The van der Waals surface area contributed by atoms with Crippen molar-refractivity contribution < 1.29 is 57.2 Å². The summed E-state index contributed by atoms with van der Waals surface area (Å²) in [5.41, 5.74) is 2.22. The first-order valence-corrected chi connectivity index (χ1v) is 16.2. The summed E-state index contributed by atoms with van der Waals surface area (Å²) in [6.07, 6.45) is 0. The van der Waals surface area contributed by atoms with Crippen molar-refractivity contribution >= 4 is 62.1 Å². The van der Waals surface area contributed by atoms with Crippen LogP contribution in [0.3, 0.4) is 0 Å². The van der Waals surface area contributed by atoms with Gasteiger partial charge in [0.1, 0.15) is 11.7 Å². The molecule has 0 unspecified atom stereocenters. The number of oxime groups is 1. The van der Waals surface area contributed by atoms with Crippen LogP contribution in [0.15, 0.2) is 51.7 Å². The van der Waals surface area contributed by atoms with Crippen molar-refractivity contribution in [2.24, 2.45) is 5.16 Å². The van der Waals surface area contributed by atoms with Crippen LogP contribution < -0.4 is 27.1 Å². The monoisotopic (exact) mass is 736 g/mol. The van der Waals surface area contributed by atoms with Crippen LogP contribution in [0, 0.1) is 0 Å². The van der Waals surface area contributed by atoms with Crippen LogP contribution in [-0.4, -0.2) is 102 Å². The fourth-order valence-electron chi connectivity index (χ4n) is 4.24. The first kappa shape index (κ1) is 36.8. The number of hydrogen-bond donors (Lipinski definition) is 8. The molecule has 4 amide bonds. The van der Waals surface area contributed by atoms with E-state index in [2.05, 4.69) is 26.1 Å². The number of carbonyl (C=O) groups is 5. The Bertz CT molecular complexity index is 2060. The molecule has 1 saturated heterocycles. The maximum Gasteiger partial charge on any atom is 0.362 e. The Balaban J connectivity index is 1.45. The summed E-state index contributed by atoms with van der Waals surface area (Å²) >= 11 is 0.896. The molecule has 1 fully saturated rings. The summed E-state index contributed by atoms with van der Waals surface area (Å²) in [7, 11) is -5.16. The van der Waals surface area contributed by atoms with Crippen LogP contribution in [0.4, 0.5) is 5.13 Å². The molecule has 2 atom stereocenters. The summed E-state index contributed by atoms with van der Waals surface area (Å²) < 4.78 is 33.9. The molecule has 1 aliphatic heterocycles. The van der Waals surface area contributed by atoms with E-state index in [1.807, 2.05) is 0 Å². The molecule has 0 aliphatic carbocycles. The third-order valence-corrected chi connectivity index (χ3v) is 8.57. The van der Waals surface area contributed by atoms with Gasteiger partial charge in [0, 0.05) is 35.2 Å². The number of nitrogens with one attached hydrogen (secondary N) is 3. The number of nitrogens with two attached hydrogens (primary N) is 1. The lowest BCUT2D eigenvalue weighted by molar-refractivity contribution is -0.161. The molecule has 0 spiro atoms. The van der Waals surface area contributed by atoms with Gasteiger partial charge < -0.3 is 41.9 Å². The van der Waals surface area contributed by atoms with Crippen LogP contribution in [0.1, 0.15) is 46.0 Å². The number of rotatable bonds is 13. The molecule has 1 aromatic carbocycles. The van der Waals surface area contributed by atoms with Gasteiger partial charge in [-0.05, 0) is 38.1 Å². The molecule has 4 rings (SSSR count). The third kappa shape index (κ3) is 8.13. The van der Waals surface area contributed by atoms with Crippen LogP contribution in [0.5, 0.6) is 5.88 Å². The minimum Gasteiger partial charge on any atom is -0.492 e. The van der Waals surface area contributed by atoms with Crippen molar-refractivity contribution in [2.75, 3.05) is 12.3 Å². The molecule has 2 aromatic heterocycles. The number of carboxylic acids is 1. The number of amides is 4. The molecule has 3 heterocycles. The first-order chi connectivity index (χ1) is 23.3. The van der Waals surface area contributed by atoms with Gasteiger partial charge in [0.25, 0.3) is 23.6 Å². The average molecular weight is 737 g/mol. The maximum absolute atomic E-state index is 13.2. The molecule has 266 valence electrons. The zero-order chi connectivity index (χ0) is 37.1. The lowest BCUT2D eigenvalue weighted by atomic mass is 9.98. The van der Waals surface area contributed by atoms with Crippen LogP contribution in [0.2, 0.25) is 0 Å². The van der Waals surface area contributed by atoms with Crippen LogP contribution in [0.25, 0.3) is 0 Å². The molecular weight excluding hydrogens is 708 g/mol. The lowest BCUT2D eigenvalue weighted by Crippen LogP contribution is -2.74. The number of pyridine rings is 1. The molecule has 21 nitrogen and oxygen atoms in total. The van der Waals surface area contributed by atoms with E-state index >= 15 is 0 Å². The number of thiazole rings is 1. The predicted molar refractivity (Wildman–Crippen MR) is 169 cm³/mol. The molecule has 23 heteroatoms. The number of carboxylic acid groups (broad SMARTS) is 1. The quantitative estimate of drug-likeness (QED) is 0.0318. The van der Waals surface area contributed by atoms with E-state index in [0.717, 1.165) is 37.3 Å². The predicted octanol–water partition coefficient (Wildman–Crippen LogP) is -1.73. The lowest BCUT2D eigenvalue weighted by Gasteiger charge is -2.44. The van der Waals surface area contributed by atoms with Crippen molar-refractivity contribution in [1.29, 1.82) is 0 Å². The highest BCUT2D eigenvalue weighted by Gasteiger charge is 2.54. The minimum absolute atomic E-state index is 0.00357. The number of nitrogen functional groups attached to an aromatic ring is 1. The van der Waals surface area contributed by atoms with Crippen molar-refractivity contribution in [3.05, 3.63) is 74.5 Å². The van der Waals surface area contributed by atoms with Gasteiger partial charge in [-0.2, -0.15) is 13.1 Å². The number of carbonyl (C=O) groups excluding carboxylic acids is 4. The number of hydrogen-bond acceptors (Lipinski definition) is 15. The van der Waals surface area contributed by atoms with E-state index in [4.69, 9.17) is 10.6 Å². The van der Waals surface area contributed by atoms with E-state index in [-0.39, 0.29) is 38.5 Å². The Morgan fingerprint density at radius 1 is 1.08 bits per heavy atom. The van der Waals surface area contributed by atoms with E-state index in [1.54, 1.807) is 0 Å². The maximum atomic E-state index is 13.2. The van der Waals surface area contributed by atoms with Crippen LogP contribution >= 0.6 is 11.3 Å². The number of nitrogens with zero attached hydrogens (tertiary/aromatic N) is 4. The van der Waals surface area contributed by atoms with Gasteiger partial charge in [-0.1, -0.05) is 5.16 Å². The highest BCUT2D eigenvalue weighted by atomic mass is 32.2. The van der Waals surface area contributed by atoms with Gasteiger partial charge in [0.15, 0.2) is 16.3 Å². The summed E-state index contributed by atoms with van der Waals surface area (Å²) in [6.45, 7) is 1.31. The standard InChI is InChI=1S/C27H28N8O13S2/c1-27(2,25(42)43)48-33-19(16-11-49-26(28)31-16)23(40)32-20-17(35(24(20)41)50(45,46)47)10-30-22(39)13-5-3-12(4-6-13)21(38)29-9-14-7-15(36)8-18(37)34(14)44/h3-8,11,17,20,37,44H,9-10H2,1-2H3,(H2,28,31)(H,29,38)(H,30,39)(H,32,40)(H,42,43)(H,45,46,47)/t17-,20-/m0/s1.